The lowest BCUT2D eigenvalue weighted by Crippen LogP contribution is -2.35. The zero-order valence-electron chi connectivity index (χ0n) is 12.5. The number of carboxylic acid groups (broad SMARTS) is 1. The minimum absolute atomic E-state index is 0.295. The quantitative estimate of drug-likeness (QED) is 0.857. The number of aryl methyl sites for hydroxylation is 1. The van der Waals surface area contributed by atoms with Crippen LogP contribution in [-0.4, -0.2) is 28.6 Å². The molecule has 0 fully saturated rings. The normalized spacial score (nSPS) is 11.1. The Morgan fingerprint density at radius 1 is 1.32 bits per heavy atom. The van der Waals surface area contributed by atoms with Gasteiger partial charge >= 0.3 is 5.97 Å². The van der Waals surface area contributed by atoms with E-state index in [0.717, 1.165) is 24.5 Å². The molecule has 1 aromatic rings. The molecule has 0 spiro atoms. The van der Waals surface area contributed by atoms with Crippen LogP contribution in [0.2, 0.25) is 0 Å². The van der Waals surface area contributed by atoms with E-state index >= 15 is 0 Å². The van der Waals surface area contributed by atoms with Crippen molar-refractivity contribution >= 4 is 11.8 Å². The third-order valence-corrected chi connectivity index (χ3v) is 2.95. The summed E-state index contributed by atoms with van der Waals surface area (Å²) in [6, 6.07) is 3.62. The predicted octanol–water partition coefficient (Wildman–Crippen LogP) is 3.21. The molecule has 0 saturated heterocycles. The van der Waals surface area contributed by atoms with Crippen LogP contribution in [0.1, 0.15) is 50.7 Å². The molecule has 1 heterocycles. The van der Waals surface area contributed by atoms with Crippen molar-refractivity contribution in [2.24, 2.45) is 5.92 Å². The van der Waals surface area contributed by atoms with Gasteiger partial charge < -0.3 is 10.0 Å². The number of nitrogens with zero attached hydrogens (tertiary/aromatic N) is 2. The molecule has 1 aromatic heterocycles. The Morgan fingerprint density at radius 2 is 1.95 bits per heavy atom. The van der Waals surface area contributed by atoms with E-state index < -0.39 is 5.97 Å². The van der Waals surface area contributed by atoms with Gasteiger partial charge in [-0.15, -0.1) is 0 Å². The first-order chi connectivity index (χ1) is 8.85. The van der Waals surface area contributed by atoms with Crippen molar-refractivity contribution in [3.63, 3.8) is 0 Å². The van der Waals surface area contributed by atoms with E-state index in [2.05, 4.69) is 37.6 Å². The maximum Gasteiger partial charge on any atom is 0.335 e. The van der Waals surface area contributed by atoms with Gasteiger partial charge in [0.05, 0.1) is 5.56 Å². The third kappa shape index (κ3) is 4.23. The van der Waals surface area contributed by atoms with E-state index in [0.29, 0.717) is 17.5 Å². The largest absolute Gasteiger partial charge is 0.478 e. The van der Waals surface area contributed by atoms with Gasteiger partial charge in [-0.3, -0.25) is 0 Å². The Balaban J connectivity index is 3.21. The van der Waals surface area contributed by atoms with Crippen LogP contribution in [0.4, 0.5) is 5.82 Å². The molecule has 19 heavy (non-hydrogen) atoms. The fourth-order valence-corrected chi connectivity index (χ4v) is 1.99. The molecule has 4 nitrogen and oxygen atoms in total. The number of anilines is 1. The minimum atomic E-state index is -0.897. The molecular weight excluding hydrogens is 240 g/mol. The molecule has 0 bridgehead atoms. The summed E-state index contributed by atoms with van der Waals surface area (Å²) in [5.41, 5.74) is 1.14. The van der Waals surface area contributed by atoms with E-state index in [1.54, 1.807) is 12.1 Å². The van der Waals surface area contributed by atoms with Crippen LogP contribution in [0.5, 0.6) is 0 Å². The summed E-state index contributed by atoms with van der Waals surface area (Å²) >= 11 is 0. The minimum Gasteiger partial charge on any atom is -0.478 e. The van der Waals surface area contributed by atoms with Crippen molar-refractivity contribution in [2.45, 2.75) is 47.1 Å². The molecule has 0 radical (unpaired) electrons. The number of aromatic carboxylic acids is 1. The van der Waals surface area contributed by atoms with E-state index in [-0.39, 0.29) is 0 Å². The van der Waals surface area contributed by atoms with E-state index in [9.17, 15) is 9.90 Å². The molecule has 0 atom stereocenters. The second-order valence-corrected chi connectivity index (χ2v) is 5.50. The van der Waals surface area contributed by atoms with Crippen molar-refractivity contribution in [1.29, 1.82) is 0 Å². The first kappa shape index (κ1) is 15.5. The number of rotatable bonds is 6. The maximum absolute atomic E-state index is 11.2. The highest BCUT2D eigenvalue weighted by atomic mass is 16.4. The fraction of sp³-hybridized carbons (Fsp3) is 0.600. The summed E-state index contributed by atoms with van der Waals surface area (Å²) < 4.78 is 0. The highest BCUT2D eigenvalue weighted by Gasteiger charge is 2.16. The zero-order chi connectivity index (χ0) is 14.6. The summed E-state index contributed by atoms with van der Waals surface area (Å²) in [6.45, 7) is 11.4. The van der Waals surface area contributed by atoms with Gasteiger partial charge in [-0.1, -0.05) is 20.8 Å². The summed E-state index contributed by atoms with van der Waals surface area (Å²) in [6.07, 6.45) is 0.738. The molecule has 0 aliphatic carbocycles. The molecule has 106 valence electrons. The van der Waals surface area contributed by atoms with Crippen LogP contribution in [0.15, 0.2) is 12.1 Å². The van der Waals surface area contributed by atoms with Gasteiger partial charge in [0, 0.05) is 18.3 Å². The molecule has 0 amide bonds. The Morgan fingerprint density at radius 3 is 2.37 bits per heavy atom. The van der Waals surface area contributed by atoms with Gasteiger partial charge in [0.1, 0.15) is 5.82 Å². The Bertz CT molecular complexity index is 442. The summed E-state index contributed by atoms with van der Waals surface area (Å²) in [5.74, 6) is 0.370. The number of carbonyl (C=O) groups is 1. The summed E-state index contributed by atoms with van der Waals surface area (Å²) in [5, 5.41) is 9.19. The lowest BCUT2D eigenvalue weighted by molar-refractivity contribution is 0.0696. The Kier molecular flexibility index (Phi) is 5.33. The number of pyridine rings is 1. The van der Waals surface area contributed by atoms with E-state index in [1.807, 2.05) is 6.92 Å². The van der Waals surface area contributed by atoms with Crippen molar-refractivity contribution in [1.82, 2.24) is 4.98 Å². The maximum atomic E-state index is 11.2. The van der Waals surface area contributed by atoms with Crippen molar-refractivity contribution < 1.29 is 9.90 Å². The molecule has 0 aliphatic heterocycles. The monoisotopic (exact) mass is 264 g/mol. The van der Waals surface area contributed by atoms with Crippen LogP contribution in [0.3, 0.4) is 0 Å². The van der Waals surface area contributed by atoms with Gasteiger partial charge in [0.2, 0.25) is 0 Å². The van der Waals surface area contributed by atoms with E-state index in [1.165, 1.54) is 0 Å². The Hall–Kier alpha value is -1.58. The lowest BCUT2D eigenvalue weighted by Gasteiger charge is -2.30. The number of hydrogen-bond acceptors (Lipinski definition) is 3. The molecular formula is C15H24N2O2. The van der Waals surface area contributed by atoms with Crippen LogP contribution in [0, 0.1) is 5.92 Å². The first-order valence-corrected chi connectivity index (χ1v) is 6.86. The second-order valence-electron chi connectivity index (χ2n) is 5.50. The number of aromatic nitrogens is 1. The van der Waals surface area contributed by atoms with Gasteiger partial charge in [-0.05, 0) is 38.3 Å². The van der Waals surface area contributed by atoms with Crippen LogP contribution in [0.25, 0.3) is 0 Å². The Labute approximate surface area is 115 Å². The summed E-state index contributed by atoms with van der Waals surface area (Å²) in [7, 11) is 0. The van der Waals surface area contributed by atoms with Gasteiger partial charge in [0.25, 0.3) is 0 Å². The number of hydrogen-bond donors (Lipinski definition) is 1. The molecule has 1 rings (SSSR count). The smallest absolute Gasteiger partial charge is 0.335 e. The average molecular weight is 264 g/mol. The van der Waals surface area contributed by atoms with Crippen molar-refractivity contribution in [3.8, 4) is 0 Å². The van der Waals surface area contributed by atoms with Gasteiger partial charge in [-0.25, -0.2) is 9.78 Å². The average Bonchev–Trinajstić information content (AvgIpc) is 2.34. The van der Waals surface area contributed by atoms with Crippen molar-refractivity contribution in [2.75, 3.05) is 11.4 Å². The predicted molar refractivity (Wildman–Crippen MR) is 77.9 cm³/mol. The highest BCUT2D eigenvalue weighted by molar-refractivity contribution is 5.88. The van der Waals surface area contributed by atoms with E-state index in [4.69, 9.17) is 0 Å². The van der Waals surface area contributed by atoms with Gasteiger partial charge in [-0.2, -0.15) is 0 Å². The topological polar surface area (TPSA) is 53.4 Å². The first-order valence-electron chi connectivity index (χ1n) is 6.86. The van der Waals surface area contributed by atoms with Crippen molar-refractivity contribution in [3.05, 3.63) is 23.4 Å². The SMILES string of the molecule is CCc1cc(C(=O)O)cc(N(CC(C)C)C(C)C)n1. The fourth-order valence-electron chi connectivity index (χ4n) is 1.99. The lowest BCUT2D eigenvalue weighted by atomic mass is 10.1. The standard InChI is InChI=1S/C15H24N2O2/c1-6-13-7-12(15(18)19)8-14(16-13)17(11(4)5)9-10(2)3/h7-8,10-11H,6,9H2,1-5H3,(H,18,19). The van der Waals surface area contributed by atoms with Crippen LogP contribution < -0.4 is 4.90 Å². The van der Waals surface area contributed by atoms with Gasteiger partial charge in [0.15, 0.2) is 0 Å². The summed E-state index contributed by atoms with van der Waals surface area (Å²) in [4.78, 5) is 17.9. The van der Waals surface area contributed by atoms with Crippen LogP contribution in [-0.2, 0) is 6.42 Å². The molecule has 0 aliphatic rings. The highest BCUT2D eigenvalue weighted by Crippen LogP contribution is 2.19. The number of carboxylic acids is 1. The second kappa shape index (κ2) is 6.55. The molecule has 0 aromatic carbocycles. The molecule has 0 saturated carbocycles. The molecule has 0 unspecified atom stereocenters. The van der Waals surface area contributed by atoms with Crippen LogP contribution >= 0.6 is 0 Å². The zero-order valence-corrected chi connectivity index (χ0v) is 12.5. The molecule has 1 N–H and O–H groups in total. The molecule has 4 heteroatoms. The third-order valence-electron chi connectivity index (χ3n) is 2.95.